The van der Waals surface area contributed by atoms with Gasteiger partial charge in [0.2, 0.25) is 0 Å². The third-order valence-corrected chi connectivity index (χ3v) is 5.53. The summed E-state index contributed by atoms with van der Waals surface area (Å²) in [6.45, 7) is 1.77. The second kappa shape index (κ2) is 6.72. The lowest BCUT2D eigenvalue weighted by atomic mass is 9.98. The monoisotopic (exact) mass is 356 g/mol. The van der Waals surface area contributed by atoms with Crippen LogP contribution in [0.25, 0.3) is 11.1 Å². The number of thiophene rings is 1. The summed E-state index contributed by atoms with van der Waals surface area (Å²) in [5, 5.41) is 2.05. The zero-order valence-electron chi connectivity index (χ0n) is 14.6. The van der Waals surface area contributed by atoms with Gasteiger partial charge < -0.3 is 14.5 Å². The van der Waals surface area contributed by atoms with Crippen LogP contribution in [0.15, 0.2) is 53.0 Å². The van der Waals surface area contributed by atoms with E-state index in [1.807, 2.05) is 41.8 Å². The van der Waals surface area contributed by atoms with E-state index in [0.717, 1.165) is 16.0 Å². The molecular weight excluding hydrogens is 336 g/mol. The molecule has 2 aromatic rings. The Morgan fingerprint density at radius 3 is 2.48 bits per heavy atom. The first-order chi connectivity index (χ1) is 12.0. The number of allylic oxidation sites excluding steroid dienone is 1. The molecule has 1 atom stereocenters. The molecule has 130 valence electrons. The van der Waals surface area contributed by atoms with E-state index in [2.05, 4.69) is 0 Å². The molecule has 0 spiro atoms. The van der Waals surface area contributed by atoms with Crippen molar-refractivity contribution < 1.29 is 14.3 Å². The van der Waals surface area contributed by atoms with Gasteiger partial charge in [-0.2, -0.15) is 0 Å². The number of hydrogen-bond acceptors (Lipinski definition) is 4. The number of hydrogen-bond donors (Lipinski definition) is 0. The van der Waals surface area contributed by atoms with Crippen molar-refractivity contribution in [2.75, 3.05) is 21.2 Å². The molecule has 2 amide bonds. The Labute approximate surface area is 151 Å². The number of nitrogens with zero attached hydrogens (tertiary/aromatic N) is 2. The van der Waals surface area contributed by atoms with Crippen LogP contribution in [0.4, 0.5) is 4.79 Å². The van der Waals surface area contributed by atoms with Gasteiger partial charge in [-0.05, 0) is 29.5 Å². The highest BCUT2D eigenvalue weighted by Gasteiger charge is 2.39. The van der Waals surface area contributed by atoms with Crippen LogP contribution >= 0.6 is 11.3 Å². The van der Waals surface area contributed by atoms with Crippen molar-refractivity contribution in [3.63, 3.8) is 0 Å². The highest BCUT2D eigenvalue weighted by Crippen LogP contribution is 2.40. The fraction of sp³-hybridized carbons (Fsp3) is 0.263. The number of carbonyl (C=O) groups is 2. The van der Waals surface area contributed by atoms with Gasteiger partial charge in [0.15, 0.2) is 0 Å². The molecule has 0 radical (unpaired) electrons. The van der Waals surface area contributed by atoms with Gasteiger partial charge in [-0.1, -0.05) is 30.3 Å². The van der Waals surface area contributed by atoms with Gasteiger partial charge in [0.25, 0.3) is 0 Å². The molecule has 3 rings (SSSR count). The molecular formula is C19H20N2O3S. The Hall–Kier alpha value is -2.60. The van der Waals surface area contributed by atoms with Gasteiger partial charge in [-0.15, -0.1) is 11.3 Å². The fourth-order valence-electron chi connectivity index (χ4n) is 3.04. The van der Waals surface area contributed by atoms with Gasteiger partial charge in [0.05, 0.1) is 12.7 Å². The normalized spacial score (nSPS) is 17.9. The van der Waals surface area contributed by atoms with Gasteiger partial charge in [-0.3, -0.25) is 0 Å². The number of ether oxygens (including phenoxy) is 1. The Kier molecular flexibility index (Phi) is 4.63. The Balaban J connectivity index is 2.09. The number of carbonyl (C=O) groups excluding carboxylic acids is 2. The highest BCUT2D eigenvalue weighted by atomic mass is 32.1. The second-order valence-corrected chi connectivity index (χ2v) is 6.89. The lowest BCUT2D eigenvalue weighted by Crippen LogP contribution is -2.47. The topological polar surface area (TPSA) is 49.9 Å². The number of rotatable bonds is 3. The van der Waals surface area contributed by atoms with E-state index in [4.69, 9.17) is 4.74 Å². The average molecular weight is 356 g/mol. The summed E-state index contributed by atoms with van der Waals surface area (Å²) in [6, 6.07) is 11.5. The number of benzene rings is 1. The number of amides is 2. The molecule has 25 heavy (non-hydrogen) atoms. The van der Waals surface area contributed by atoms with Gasteiger partial charge in [0, 0.05) is 24.7 Å². The zero-order chi connectivity index (χ0) is 18.1. The predicted octanol–water partition coefficient (Wildman–Crippen LogP) is 3.90. The molecule has 0 aliphatic carbocycles. The number of likely N-dealkylation sites (N-methyl/N-ethyl adjacent to an activating group) is 1. The summed E-state index contributed by atoms with van der Waals surface area (Å²) in [5.41, 5.74) is 3.29. The molecule has 0 saturated carbocycles. The molecule has 0 saturated heterocycles. The first kappa shape index (κ1) is 17.2. The van der Waals surface area contributed by atoms with Crippen LogP contribution in [0.3, 0.4) is 0 Å². The second-order valence-electron chi connectivity index (χ2n) is 5.95. The summed E-state index contributed by atoms with van der Waals surface area (Å²) < 4.78 is 4.98. The Morgan fingerprint density at radius 1 is 1.16 bits per heavy atom. The Morgan fingerprint density at radius 2 is 1.84 bits per heavy atom. The van der Waals surface area contributed by atoms with E-state index < -0.39 is 12.0 Å². The summed E-state index contributed by atoms with van der Waals surface area (Å²) >= 11 is 1.54. The molecule has 0 bridgehead atoms. The Bertz CT molecular complexity index is 841. The molecule has 6 heteroatoms. The maximum absolute atomic E-state index is 12.5. The van der Waals surface area contributed by atoms with Crippen LogP contribution < -0.4 is 0 Å². The minimum Gasteiger partial charge on any atom is -0.466 e. The SMILES string of the molecule is COC(=O)C1=C(C)N(C)C(=O)N(C)[C@@H]1c1cc(-c2ccccc2)cs1. The fourth-order valence-corrected chi connectivity index (χ4v) is 4.11. The third-order valence-electron chi connectivity index (χ3n) is 4.54. The van der Waals surface area contributed by atoms with Crippen LogP contribution in [-0.4, -0.2) is 43.0 Å². The van der Waals surface area contributed by atoms with Crippen molar-refractivity contribution in [1.82, 2.24) is 9.80 Å². The van der Waals surface area contributed by atoms with Crippen molar-refractivity contribution in [1.29, 1.82) is 0 Å². The maximum Gasteiger partial charge on any atom is 0.338 e. The summed E-state index contributed by atoms with van der Waals surface area (Å²) in [4.78, 5) is 28.9. The van der Waals surface area contributed by atoms with E-state index in [9.17, 15) is 9.59 Å². The first-order valence-corrected chi connectivity index (χ1v) is 8.77. The maximum atomic E-state index is 12.5. The van der Waals surface area contributed by atoms with E-state index >= 15 is 0 Å². The van der Waals surface area contributed by atoms with Gasteiger partial charge >= 0.3 is 12.0 Å². The quantitative estimate of drug-likeness (QED) is 0.784. The minimum atomic E-state index is -0.446. The molecule has 1 aliphatic heterocycles. The third kappa shape index (κ3) is 2.93. The van der Waals surface area contributed by atoms with E-state index in [1.54, 1.807) is 25.9 Å². The van der Waals surface area contributed by atoms with Crippen molar-refractivity contribution in [3.8, 4) is 11.1 Å². The zero-order valence-corrected chi connectivity index (χ0v) is 15.5. The molecule has 2 heterocycles. The standard InChI is InChI=1S/C19H20N2O3S/c1-12-16(18(22)24-4)17(21(3)19(23)20(12)2)15-10-14(11-25-15)13-8-6-5-7-9-13/h5-11,17H,1-4H3/t17-/m1/s1. The smallest absolute Gasteiger partial charge is 0.338 e. The van der Waals surface area contributed by atoms with Crippen molar-refractivity contribution in [3.05, 3.63) is 57.9 Å². The van der Waals surface area contributed by atoms with Crippen LogP contribution in [0.2, 0.25) is 0 Å². The number of methoxy groups -OCH3 is 1. The molecule has 5 nitrogen and oxygen atoms in total. The average Bonchev–Trinajstić information content (AvgIpc) is 3.12. The van der Waals surface area contributed by atoms with Crippen molar-refractivity contribution >= 4 is 23.3 Å². The number of urea groups is 1. The summed E-state index contributed by atoms with van der Waals surface area (Å²) in [5.74, 6) is -0.414. The van der Waals surface area contributed by atoms with E-state index in [-0.39, 0.29) is 6.03 Å². The summed E-state index contributed by atoms with van der Waals surface area (Å²) in [7, 11) is 4.73. The molecule has 0 fully saturated rings. The lowest BCUT2D eigenvalue weighted by molar-refractivity contribution is -0.137. The van der Waals surface area contributed by atoms with Crippen molar-refractivity contribution in [2.24, 2.45) is 0 Å². The molecule has 1 aromatic heterocycles. The largest absolute Gasteiger partial charge is 0.466 e. The first-order valence-electron chi connectivity index (χ1n) is 7.89. The van der Waals surface area contributed by atoms with Gasteiger partial charge in [0.1, 0.15) is 6.04 Å². The van der Waals surface area contributed by atoms with Crippen molar-refractivity contribution in [2.45, 2.75) is 13.0 Å². The lowest BCUT2D eigenvalue weighted by Gasteiger charge is -2.38. The van der Waals surface area contributed by atoms with Gasteiger partial charge in [-0.25, -0.2) is 9.59 Å². The van der Waals surface area contributed by atoms with Crippen LogP contribution in [-0.2, 0) is 9.53 Å². The molecule has 0 N–H and O–H groups in total. The van der Waals surface area contributed by atoms with Crippen LogP contribution in [0.5, 0.6) is 0 Å². The molecule has 0 unspecified atom stereocenters. The van der Waals surface area contributed by atoms with Crippen LogP contribution in [0.1, 0.15) is 17.8 Å². The minimum absolute atomic E-state index is 0.148. The number of esters is 1. The predicted molar refractivity (Wildman–Crippen MR) is 98.1 cm³/mol. The van der Waals surface area contributed by atoms with Crippen LogP contribution in [0, 0.1) is 0 Å². The molecule has 1 aromatic carbocycles. The summed E-state index contributed by atoms with van der Waals surface area (Å²) in [6.07, 6.45) is 0. The molecule has 1 aliphatic rings. The van der Waals surface area contributed by atoms with E-state index in [1.165, 1.54) is 23.3 Å². The van der Waals surface area contributed by atoms with E-state index in [0.29, 0.717) is 11.3 Å². The highest BCUT2D eigenvalue weighted by molar-refractivity contribution is 7.10.